The van der Waals surface area contributed by atoms with Gasteiger partial charge in [-0.1, -0.05) is 42.1 Å². The van der Waals surface area contributed by atoms with E-state index in [1.807, 2.05) is 30.3 Å². The van der Waals surface area contributed by atoms with Gasteiger partial charge in [-0.25, -0.2) is 4.79 Å². The Morgan fingerprint density at radius 3 is 2.74 bits per heavy atom. The number of ether oxygens (including phenoxy) is 1. The smallest absolute Gasteiger partial charge is 0.353 e. The molecule has 0 radical (unpaired) electrons. The van der Waals surface area contributed by atoms with E-state index in [2.05, 4.69) is 5.32 Å². The lowest BCUT2D eigenvalue weighted by Gasteiger charge is -2.20. The summed E-state index contributed by atoms with van der Waals surface area (Å²) in [4.78, 5) is 38.9. The van der Waals surface area contributed by atoms with Crippen LogP contribution in [-0.4, -0.2) is 45.9 Å². The summed E-state index contributed by atoms with van der Waals surface area (Å²) in [5, 5.41) is 12.0. The van der Waals surface area contributed by atoms with Gasteiger partial charge in [-0.15, -0.1) is 0 Å². The largest absolute Gasteiger partial charge is 0.477 e. The first-order valence-electron chi connectivity index (χ1n) is 8.95. The Balaban J connectivity index is 1.51. The standard InChI is InChI=1S/C19H20N2O5S/c22-14-9-12(17(23)20-10-11-5-2-1-3-6-11)18-21(14)15(19(24)25)16(27-18)13-7-4-8-26-13/h1-3,5-6,12-13,18H,4,7-10H2,(H,20,23)(H,24,25)/t12-,13-,18-/m1/s1. The average Bonchev–Trinajstić information content (AvgIpc) is 3.37. The van der Waals surface area contributed by atoms with Crippen molar-refractivity contribution < 1.29 is 24.2 Å². The fraction of sp³-hybridized carbons (Fsp3) is 0.421. The van der Waals surface area contributed by atoms with E-state index >= 15 is 0 Å². The number of fused-ring (bicyclic) bond motifs is 1. The Morgan fingerprint density at radius 2 is 2.07 bits per heavy atom. The highest BCUT2D eigenvalue weighted by molar-refractivity contribution is 8.04. The summed E-state index contributed by atoms with van der Waals surface area (Å²) < 4.78 is 5.64. The van der Waals surface area contributed by atoms with Crippen LogP contribution in [0.1, 0.15) is 24.8 Å². The monoisotopic (exact) mass is 388 g/mol. The number of carboxylic acid groups (broad SMARTS) is 1. The zero-order chi connectivity index (χ0) is 19.0. The van der Waals surface area contributed by atoms with Crippen molar-refractivity contribution in [3.8, 4) is 0 Å². The number of nitrogens with zero attached hydrogens (tertiary/aromatic N) is 1. The van der Waals surface area contributed by atoms with E-state index in [0.717, 1.165) is 18.4 Å². The molecule has 2 amide bonds. The molecule has 4 rings (SSSR count). The average molecular weight is 388 g/mol. The molecule has 0 saturated carbocycles. The lowest BCUT2D eigenvalue weighted by molar-refractivity contribution is -0.138. The molecule has 2 saturated heterocycles. The lowest BCUT2D eigenvalue weighted by Crippen LogP contribution is -2.37. The first-order chi connectivity index (χ1) is 13.1. The summed E-state index contributed by atoms with van der Waals surface area (Å²) in [6, 6.07) is 9.52. The van der Waals surface area contributed by atoms with Gasteiger partial charge in [-0.05, 0) is 18.4 Å². The molecule has 2 fully saturated rings. The Kier molecular flexibility index (Phi) is 4.92. The molecule has 0 spiro atoms. The van der Waals surface area contributed by atoms with Crippen molar-refractivity contribution in [3.63, 3.8) is 0 Å². The van der Waals surface area contributed by atoms with Gasteiger partial charge in [-0.2, -0.15) is 0 Å². The summed E-state index contributed by atoms with van der Waals surface area (Å²) in [5.41, 5.74) is 0.954. The van der Waals surface area contributed by atoms with Crippen LogP contribution >= 0.6 is 11.8 Å². The number of benzene rings is 1. The number of carboxylic acids is 1. The van der Waals surface area contributed by atoms with Crippen molar-refractivity contribution in [2.45, 2.75) is 37.3 Å². The van der Waals surface area contributed by atoms with Crippen LogP contribution in [0.5, 0.6) is 0 Å². The second-order valence-corrected chi connectivity index (χ2v) is 7.96. The van der Waals surface area contributed by atoms with Crippen LogP contribution in [0.3, 0.4) is 0 Å². The minimum Gasteiger partial charge on any atom is -0.477 e. The van der Waals surface area contributed by atoms with Crippen molar-refractivity contribution >= 4 is 29.5 Å². The van der Waals surface area contributed by atoms with Crippen molar-refractivity contribution in [1.82, 2.24) is 10.2 Å². The van der Waals surface area contributed by atoms with Crippen LogP contribution in [-0.2, 0) is 25.7 Å². The predicted octanol–water partition coefficient (Wildman–Crippen LogP) is 1.70. The van der Waals surface area contributed by atoms with E-state index in [0.29, 0.717) is 18.1 Å². The number of carbonyl (C=O) groups excluding carboxylic acids is 2. The molecule has 2 N–H and O–H groups in total. The molecule has 27 heavy (non-hydrogen) atoms. The maximum atomic E-state index is 12.7. The van der Waals surface area contributed by atoms with E-state index in [1.165, 1.54) is 16.7 Å². The van der Waals surface area contributed by atoms with E-state index in [9.17, 15) is 19.5 Å². The SMILES string of the molecule is O=C(O)C1=C([C@H]2CCCO2)S[C@@H]2[C@@H](C(=O)NCc3ccccc3)CC(=O)N12. The second-order valence-electron chi connectivity index (χ2n) is 6.81. The van der Waals surface area contributed by atoms with Crippen LogP contribution in [0.25, 0.3) is 0 Å². The summed E-state index contributed by atoms with van der Waals surface area (Å²) >= 11 is 1.29. The third kappa shape index (κ3) is 3.35. The van der Waals surface area contributed by atoms with Gasteiger partial charge in [0.2, 0.25) is 11.8 Å². The molecule has 142 valence electrons. The zero-order valence-corrected chi connectivity index (χ0v) is 15.4. The minimum atomic E-state index is -1.14. The molecular formula is C19H20N2O5S. The Bertz CT molecular complexity index is 804. The van der Waals surface area contributed by atoms with Gasteiger partial charge in [0.1, 0.15) is 5.70 Å². The number of hydrogen-bond acceptors (Lipinski definition) is 5. The van der Waals surface area contributed by atoms with Gasteiger partial charge in [0.15, 0.2) is 0 Å². The summed E-state index contributed by atoms with van der Waals surface area (Å²) in [6.45, 7) is 0.959. The fourth-order valence-corrected chi connectivity index (χ4v) is 5.37. The number of amides is 2. The number of thioether (sulfide) groups is 1. The van der Waals surface area contributed by atoms with Gasteiger partial charge < -0.3 is 15.2 Å². The van der Waals surface area contributed by atoms with Gasteiger partial charge >= 0.3 is 5.97 Å². The van der Waals surface area contributed by atoms with Crippen LogP contribution in [0.4, 0.5) is 0 Å². The number of hydrogen-bond donors (Lipinski definition) is 2. The molecule has 8 heteroatoms. The first-order valence-corrected chi connectivity index (χ1v) is 9.83. The molecule has 1 aromatic carbocycles. The Labute approximate surface area is 160 Å². The van der Waals surface area contributed by atoms with Crippen molar-refractivity contribution in [2.75, 3.05) is 6.61 Å². The van der Waals surface area contributed by atoms with E-state index in [1.54, 1.807) is 0 Å². The highest BCUT2D eigenvalue weighted by Gasteiger charge is 2.53. The van der Waals surface area contributed by atoms with Gasteiger partial charge in [0, 0.05) is 24.5 Å². The third-order valence-electron chi connectivity index (χ3n) is 5.05. The summed E-state index contributed by atoms with van der Waals surface area (Å²) in [5.74, 6) is -2.28. The second kappa shape index (κ2) is 7.36. The van der Waals surface area contributed by atoms with Crippen molar-refractivity contribution in [2.24, 2.45) is 5.92 Å². The van der Waals surface area contributed by atoms with Crippen molar-refractivity contribution in [1.29, 1.82) is 0 Å². The molecule has 7 nitrogen and oxygen atoms in total. The quantitative estimate of drug-likeness (QED) is 0.797. The van der Waals surface area contributed by atoms with Crippen LogP contribution in [0.2, 0.25) is 0 Å². The van der Waals surface area contributed by atoms with E-state index in [-0.39, 0.29) is 30.0 Å². The minimum absolute atomic E-state index is 0.0136. The third-order valence-corrected chi connectivity index (χ3v) is 6.55. The highest BCUT2D eigenvalue weighted by Crippen LogP contribution is 2.50. The van der Waals surface area contributed by atoms with E-state index < -0.39 is 17.3 Å². The molecule has 3 aliphatic rings. The molecule has 3 atom stereocenters. The molecule has 0 unspecified atom stereocenters. The molecule has 0 aliphatic carbocycles. The van der Waals surface area contributed by atoms with Crippen LogP contribution in [0.15, 0.2) is 40.9 Å². The highest BCUT2D eigenvalue weighted by atomic mass is 32.2. The molecule has 3 heterocycles. The zero-order valence-electron chi connectivity index (χ0n) is 14.6. The number of rotatable bonds is 5. The maximum Gasteiger partial charge on any atom is 0.353 e. The molecule has 0 aromatic heterocycles. The first kappa shape index (κ1) is 18.1. The fourth-order valence-electron chi connectivity index (χ4n) is 3.76. The predicted molar refractivity (Wildman–Crippen MR) is 98.3 cm³/mol. The maximum absolute atomic E-state index is 12.7. The molecule has 1 aromatic rings. The van der Waals surface area contributed by atoms with Crippen LogP contribution < -0.4 is 5.32 Å². The Morgan fingerprint density at radius 1 is 1.30 bits per heavy atom. The van der Waals surface area contributed by atoms with Gasteiger partial charge in [0.05, 0.1) is 17.4 Å². The van der Waals surface area contributed by atoms with Crippen molar-refractivity contribution in [3.05, 3.63) is 46.5 Å². The summed E-state index contributed by atoms with van der Waals surface area (Å²) in [6.07, 6.45) is 1.32. The Hall–Kier alpha value is -2.32. The lowest BCUT2D eigenvalue weighted by atomic mass is 10.1. The number of aliphatic carboxylic acids is 1. The van der Waals surface area contributed by atoms with Gasteiger partial charge in [-0.3, -0.25) is 14.5 Å². The molecule has 3 aliphatic heterocycles. The van der Waals surface area contributed by atoms with Crippen LogP contribution in [0, 0.1) is 5.92 Å². The number of nitrogens with one attached hydrogen (secondary N) is 1. The normalized spacial score (nSPS) is 27.2. The molecular weight excluding hydrogens is 368 g/mol. The van der Waals surface area contributed by atoms with E-state index in [4.69, 9.17) is 4.74 Å². The molecule has 0 bridgehead atoms. The topological polar surface area (TPSA) is 95.9 Å². The van der Waals surface area contributed by atoms with Gasteiger partial charge in [0.25, 0.3) is 0 Å². The number of carbonyl (C=O) groups is 3. The summed E-state index contributed by atoms with van der Waals surface area (Å²) in [7, 11) is 0.